The number of benzene rings is 1. The first-order valence-corrected chi connectivity index (χ1v) is 9.94. The van der Waals surface area contributed by atoms with Crippen LogP contribution in [0.1, 0.15) is 47.2 Å². The Bertz CT molecular complexity index is 693. The van der Waals surface area contributed by atoms with E-state index in [4.69, 9.17) is 14.2 Å². The SMILES string of the molecule is O=C(c1ccc2c(c1)COC2)N1CC2(C1)OCCC2CCOCC1CC1. The number of carbonyl (C=O) groups is 1. The van der Waals surface area contributed by atoms with E-state index in [0.29, 0.717) is 32.2 Å². The van der Waals surface area contributed by atoms with E-state index in [0.717, 1.165) is 49.7 Å². The first-order chi connectivity index (χ1) is 12.7. The molecule has 1 aliphatic carbocycles. The molecule has 1 spiro atoms. The van der Waals surface area contributed by atoms with Gasteiger partial charge in [-0.05, 0) is 60.8 Å². The highest BCUT2D eigenvalue weighted by Crippen LogP contribution is 2.42. The molecular formula is C21H27NO4. The lowest BCUT2D eigenvalue weighted by molar-refractivity contribution is -0.120. The molecule has 0 aromatic heterocycles. The summed E-state index contributed by atoms with van der Waals surface area (Å²) >= 11 is 0. The summed E-state index contributed by atoms with van der Waals surface area (Å²) in [6.07, 6.45) is 4.81. The Kier molecular flexibility index (Phi) is 4.26. The van der Waals surface area contributed by atoms with Gasteiger partial charge in [-0.25, -0.2) is 0 Å². The summed E-state index contributed by atoms with van der Waals surface area (Å²) in [6.45, 7) is 5.27. The summed E-state index contributed by atoms with van der Waals surface area (Å²) < 4.78 is 17.4. The van der Waals surface area contributed by atoms with Crippen LogP contribution in [0.5, 0.6) is 0 Å². The van der Waals surface area contributed by atoms with Gasteiger partial charge in [0.2, 0.25) is 0 Å². The highest BCUT2D eigenvalue weighted by molar-refractivity contribution is 5.95. The summed E-state index contributed by atoms with van der Waals surface area (Å²) in [5, 5.41) is 0. The van der Waals surface area contributed by atoms with E-state index >= 15 is 0 Å². The van der Waals surface area contributed by atoms with Crippen LogP contribution in [0.4, 0.5) is 0 Å². The Morgan fingerprint density at radius 2 is 2.04 bits per heavy atom. The van der Waals surface area contributed by atoms with Crippen molar-refractivity contribution in [3.63, 3.8) is 0 Å². The molecular weight excluding hydrogens is 330 g/mol. The molecule has 5 nitrogen and oxygen atoms in total. The number of nitrogens with zero attached hydrogens (tertiary/aromatic N) is 1. The normalized spacial score (nSPS) is 26.2. The maximum absolute atomic E-state index is 12.8. The highest BCUT2D eigenvalue weighted by Gasteiger charge is 2.54. The molecule has 3 heterocycles. The van der Waals surface area contributed by atoms with Gasteiger partial charge in [0.1, 0.15) is 5.60 Å². The minimum Gasteiger partial charge on any atom is -0.381 e. The van der Waals surface area contributed by atoms with E-state index in [1.807, 2.05) is 23.1 Å². The molecule has 5 heteroatoms. The molecule has 4 aliphatic rings. The standard InChI is InChI=1S/C21H27NO4/c23-20(16-3-4-17-11-25-12-18(17)9-16)22-13-21(14-22)19(6-8-26-21)5-7-24-10-15-1-2-15/h3-4,9,15,19H,1-2,5-8,10-14H2. The van der Waals surface area contributed by atoms with E-state index in [1.165, 1.54) is 18.4 Å². The predicted octanol–water partition coefficient (Wildman–Crippen LogP) is 2.76. The van der Waals surface area contributed by atoms with Gasteiger partial charge in [0.15, 0.2) is 0 Å². The van der Waals surface area contributed by atoms with Gasteiger partial charge in [-0.15, -0.1) is 0 Å². The van der Waals surface area contributed by atoms with E-state index in [-0.39, 0.29) is 11.5 Å². The Morgan fingerprint density at radius 3 is 2.88 bits per heavy atom. The summed E-state index contributed by atoms with van der Waals surface area (Å²) in [5.74, 6) is 1.45. The molecule has 26 heavy (non-hydrogen) atoms. The van der Waals surface area contributed by atoms with Crippen LogP contribution in [0, 0.1) is 11.8 Å². The number of hydrogen-bond donors (Lipinski definition) is 0. The fourth-order valence-corrected chi connectivity index (χ4v) is 4.53. The molecule has 3 aliphatic heterocycles. The Balaban J connectivity index is 1.16. The quantitative estimate of drug-likeness (QED) is 0.735. The lowest BCUT2D eigenvalue weighted by atomic mass is 9.79. The second-order valence-electron chi connectivity index (χ2n) is 8.34. The number of ether oxygens (including phenoxy) is 3. The van der Waals surface area contributed by atoms with Crippen molar-refractivity contribution >= 4 is 5.91 Å². The maximum Gasteiger partial charge on any atom is 0.254 e. The zero-order chi connectivity index (χ0) is 17.6. The van der Waals surface area contributed by atoms with Gasteiger partial charge in [-0.1, -0.05) is 6.07 Å². The molecule has 0 radical (unpaired) electrons. The lowest BCUT2D eigenvalue weighted by Crippen LogP contribution is -2.66. The van der Waals surface area contributed by atoms with Gasteiger partial charge in [0.25, 0.3) is 5.91 Å². The van der Waals surface area contributed by atoms with Gasteiger partial charge in [0.05, 0.1) is 26.3 Å². The van der Waals surface area contributed by atoms with Gasteiger partial charge in [-0.2, -0.15) is 0 Å². The van der Waals surface area contributed by atoms with Crippen LogP contribution in [0.2, 0.25) is 0 Å². The number of likely N-dealkylation sites (tertiary alicyclic amines) is 1. The maximum atomic E-state index is 12.8. The largest absolute Gasteiger partial charge is 0.381 e. The van der Waals surface area contributed by atoms with Crippen LogP contribution < -0.4 is 0 Å². The molecule has 0 bridgehead atoms. The molecule has 1 amide bonds. The summed E-state index contributed by atoms with van der Waals surface area (Å²) in [7, 11) is 0. The Hall–Kier alpha value is -1.43. The first kappa shape index (κ1) is 16.7. The van der Waals surface area contributed by atoms with Crippen molar-refractivity contribution < 1.29 is 19.0 Å². The van der Waals surface area contributed by atoms with Crippen molar-refractivity contribution in [1.29, 1.82) is 0 Å². The van der Waals surface area contributed by atoms with Crippen LogP contribution in [-0.4, -0.2) is 49.3 Å². The minimum atomic E-state index is -0.127. The molecule has 1 atom stereocenters. The molecule has 1 unspecified atom stereocenters. The van der Waals surface area contributed by atoms with Gasteiger partial charge >= 0.3 is 0 Å². The average molecular weight is 357 g/mol. The third kappa shape index (κ3) is 3.06. The topological polar surface area (TPSA) is 48.0 Å². The van der Waals surface area contributed by atoms with Crippen LogP contribution in [-0.2, 0) is 27.4 Å². The van der Waals surface area contributed by atoms with E-state index < -0.39 is 0 Å². The zero-order valence-corrected chi connectivity index (χ0v) is 15.2. The molecule has 1 aromatic rings. The van der Waals surface area contributed by atoms with Crippen molar-refractivity contribution in [3.05, 3.63) is 34.9 Å². The third-order valence-electron chi connectivity index (χ3n) is 6.43. The third-order valence-corrected chi connectivity index (χ3v) is 6.43. The zero-order valence-electron chi connectivity index (χ0n) is 15.2. The number of carbonyl (C=O) groups excluding carboxylic acids is 1. The molecule has 2 saturated heterocycles. The molecule has 5 rings (SSSR count). The average Bonchev–Trinajstić information content (AvgIpc) is 3.16. The van der Waals surface area contributed by atoms with Crippen molar-refractivity contribution in [3.8, 4) is 0 Å². The Morgan fingerprint density at radius 1 is 1.19 bits per heavy atom. The minimum absolute atomic E-state index is 0.115. The fourth-order valence-electron chi connectivity index (χ4n) is 4.53. The van der Waals surface area contributed by atoms with Crippen LogP contribution >= 0.6 is 0 Å². The van der Waals surface area contributed by atoms with Crippen LogP contribution in [0.25, 0.3) is 0 Å². The fraction of sp³-hybridized carbons (Fsp3) is 0.667. The van der Waals surface area contributed by atoms with Crippen molar-refractivity contribution in [2.75, 3.05) is 32.9 Å². The number of hydrogen-bond acceptors (Lipinski definition) is 4. The molecule has 3 fully saturated rings. The molecule has 140 valence electrons. The number of amides is 1. The second-order valence-corrected chi connectivity index (χ2v) is 8.34. The van der Waals surface area contributed by atoms with Crippen molar-refractivity contribution in [2.45, 2.75) is 44.5 Å². The van der Waals surface area contributed by atoms with Crippen molar-refractivity contribution in [2.24, 2.45) is 11.8 Å². The van der Waals surface area contributed by atoms with Crippen molar-refractivity contribution in [1.82, 2.24) is 4.90 Å². The van der Waals surface area contributed by atoms with Gasteiger partial charge in [-0.3, -0.25) is 4.79 Å². The molecule has 1 saturated carbocycles. The predicted molar refractivity (Wildman–Crippen MR) is 95.8 cm³/mol. The first-order valence-electron chi connectivity index (χ1n) is 9.94. The lowest BCUT2D eigenvalue weighted by Gasteiger charge is -2.50. The summed E-state index contributed by atoms with van der Waals surface area (Å²) in [6, 6.07) is 5.95. The van der Waals surface area contributed by atoms with Crippen LogP contribution in [0.3, 0.4) is 0 Å². The highest BCUT2D eigenvalue weighted by atomic mass is 16.5. The summed E-state index contributed by atoms with van der Waals surface area (Å²) in [4.78, 5) is 14.8. The van der Waals surface area contributed by atoms with E-state index in [1.54, 1.807) is 0 Å². The second kappa shape index (κ2) is 6.63. The molecule has 0 N–H and O–H groups in total. The number of rotatable bonds is 6. The Labute approximate surface area is 154 Å². The van der Waals surface area contributed by atoms with Gasteiger partial charge in [0, 0.05) is 25.4 Å². The smallest absolute Gasteiger partial charge is 0.254 e. The monoisotopic (exact) mass is 357 g/mol. The van der Waals surface area contributed by atoms with Crippen LogP contribution in [0.15, 0.2) is 18.2 Å². The van der Waals surface area contributed by atoms with E-state index in [9.17, 15) is 4.79 Å². The van der Waals surface area contributed by atoms with E-state index in [2.05, 4.69) is 0 Å². The molecule has 1 aromatic carbocycles. The number of fused-ring (bicyclic) bond motifs is 1. The summed E-state index contributed by atoms with van der Waals surface area (Å²) in [5.41, 5.74) is 2.99. The van der Waals surface area contributed by atoms with Gasteiger partial charge < -0.3 is 19.1 Å².